The second-order valence-electron chi connectivity index (χ2n) is 4.65. The Bertz CT molecular complexity index is 660. The Hall–Kier alpha value is -2.46. The predicted molar refractivity (Wildman–Crippen MR) is 74.6 cm³/mol. The predicted octanol–water partition coefficient (Wildman–Crippen LogP) is 3.86. The quantitative estimate of drug-likeness (QED) is 0.824. The summed E-state index contributed by atoms with van der Waals surface area (Å²) < 4.78 is 43.9. The van der Waals surface area contributed by atoms with E-state index in [1.165, 1.54) is 12.3 Å². The summed E-state index contributed by atoms with van der Waals surface area (Å²) in [7, 11) is 0. The van der Waals surface area contributed by atoms with Crippen LogP contribution in [-0.4, -0.2) is 17.8 Å². The zero-order chi connectivity index (χ0) is 16.2. The first kappa shape index (κ1) is 15.9. The highest BCUT2D eigenvalue weighted by molar-refractivity contribution is 5.61. The van der Waals surface area contributed by atoms with Gasteiger partial charge in [0.2, 0.25) is 0 Å². The molecular formula is C15H13F3N2O2. The summed E-state index contributed by atoms with van der Waals surface area (Å²) in [6.45, 7) is 6.52. The zero-order valence-electron chi connectivity index (χ0n) is 11.4. The lowest BCUT2D eigenvalue weighted by Crippen LogP contribution is -2.26. The fourth-order valence-electron chi connectivity index (χ4n) is 2.02. The molecule has 22 heavy (non-hydrogen) atoms. The van der Waals surface area contributed by atoms with Gasteiger partial charge < -0.3 is 14.8 Å². The minimum absolute atomic E-state index is 0.185. The van der Waals surface area contributed by atoms with Gasteiger partial charge in [-0.15, -0.1) is 0 Å². The first-order chi connectivity index (χ1) is 10.4. The maximum Gasteiger partial charge on any atom is 0.407 e. The third-order valence-electron chi connectivity index (χ3n) is 3.04. The molecule has 0 aliphatic rings. The number of anilines is 1. The number of furan rings is 1. The van der Waals surface area contributed by atoms with Crippen LogP contribution < -0.4 is 5.32 Å². The average molecular weight is 310 g/mol. The van der Waals surface area contributed by atoms with Crippen molar-refractivity contribution in [3.05, 3.63) is 59.3 Å². The van der Waals surface area contributed by atoms with Crippen molar-refractivity contribution in [2.75, 3.05) is 11.9 Å². The van der Waals surface area contributed by atoms with E-state index in [0.29, 0.717) is 12.2 Å². The molecule has 1 atom stereocenters. The fraction of sp³-hybridized carbons (Fsp3) is 0.267. The third kappa shape index (κ3) is 3.80. The molecule has 2 rings (SSSR count). The van der Waals surface area contributed by atoms with Gasteiger partial charge in [-0.1, -0.05) is 6.07 Å². The Morgan fingerprint density at radius 2 is 2.09 bits per heavy atom. The van der Waals surface area contributed by atoms with E-state index in [-0.39, 0.29) is 12.3 Å². The van der Waals surface area contributed by atoms with E-state index >= 15 is 0 Å². The van der Waals surface area contributed by atoms with Gasteiger partial charge in [0.1, 0.15) is 5.76 Å². The molecule has 2 N–H and O–H groups in total. The summed E-state index contributed by atoms with van der Waals surface area (Å²) in [5.74, 6) is 0.611. The molecule has 0 saturated heterocycles. The monoisotopic (exact) mass is 310 g/mol. The molecule has 116 valence electrons. The number of hydrogen-bond acceptors (Lipinski definition) is 3. The van der Waals surface area contributed by atoms with E-state index in [0.717, 1.165) is 12.1 Å². The van der Waals surface area contributed by atoms with Gasteiger partial charge in [-0.25, -0.2) is 4.85 Å². The van der Waals surface area contributed by atoms with Crippen LogP contribution in [0.5, 0.6) is 0 Å². The highest BCUT2D eigenvalue weighted by Gasteiger charge is 2.33. The summed E-state index contributed by atoms with van der Waals surface area (Å²) >= 11 is 0. The summed E-state index contributed by atoms with van der Waals surface area (Å²) in [6.07, 6.45) is -2.79. The molecule has 0 aliphatic carbocycles. The standard InChI is InChI=1S/C15H13F3N2O2/c1-19-14-5-4-10(8-13(14)15(16,17)18)20-11(9-21)7-12-3-2-6-22-12/h2-6,8,11,20-21H,7,9H2/t11-/m1/s1. The van der Waals surface area contributed by atoms with Crippen molar-refractivity contribution < 1.29 is 22.7 Å². The van der Waals surface area contributed by atoms with E-state index < -0.39 is 23.5 Å². The van der Waals surface area contributed by atoms with Crippen LogP contribution in [0.1, 0.15) is 11.3 Å². The van der Waals surface area contributed by atoms with Crippen LogP contribution in [0.25, 0.3) is 4.85 Å². The molecular weight excluding hydrogens is 297 g/mol. The van der Waals surface area contributed by atoms with Crippen molar-refractivity contribution in [1.82, 2.24) is 0 Å². The summed E-state index contributed by atoms with van der Waals surface area (Å²) in [6, 6.07) is 6.28. The molecule has 1 aromatic heterocycles. The second kappa shape index (κ2) is 6.54. The second-order valence-corrected chi connectivity index (χ2v) is 4.65. The number of benzene rings is 1. The van der Waals surface area contributed by atoms with Crippen LogP contribution in [0, 0.1) is 6.57 Å². The Morgan fingerprint density at radius 3 is 2.64 bits per heavy atom. The van der Waals surface area contributed by atoms with Crippen LogP contribution in [0.2, 0.25) is 0 Å². The highest BCUT2D eigenvalue weighted by Crippen LogP contribution is 2.38. The first-order valence-electron chi connectivity index (χ1n) is 6.42. The molecule has 1 aromatic carbocycles. The van der Waals surface area contributed by atoms with Crippen LogP contribution in [-0.2, 0) is 12.6 Å². The van der Waals surface area contributed by atoms with Crippen molar-refractivity contribution in [2.24, 2.45) is 0 Å². The van der Waals surface area contributed by atoms with E-state index in [1.807, 2.05) is 0 Å². The van der Waals surface area contributed by atoms with E-state index in [1.54, 1.807) is 12.1 Å². The van der Waals surface area contributed by atoms with Gasteiger partial charge in [-0.05, 0) is 24.3 Å². The maximum atomic E-state index is 12.9. The molecule has 2 aromatic rings. The largest absolute Gasteiger partial charge is 0.469 e. The lowest BCUT2D eigenvalue weighted by Gasteiger charge is -2.18. The lowest BCUT2D eigenvalue weighted by molar-refractivity contribution is -0.136. The van der Waals surface area contributed by atoms with Crippen molar-refractivity contribution >= 4 is 11.4 Å². The molecule has 1 heterocycles. The molecule has 0 radical (unpaired) electrons. The molecule has 0 aliphatic heterocycles. The Balaban J connectivity index is 2.20. The van der Waals surface area contributed by atoms with Gasteiger partial charge in [0.25, 0.3) is 0 Å². The Morgan fingerprint density at radius 1 is 1.32 bits per heavy atom. The Kier molecular flexibility index (Phi) is 4.73. The van der Waals surface area contributed by atoms with Gasteiger partial charge in [-0.2, -0.15) is 13.2 Å². The van der Waals surface area contributed by atoms with Crippen LogP contribution >= 0.6 is 0 Å². The number of rotatable bonds is 5. The normalized spacial score (nSPS) is 12.7. The van der Waals surface area contributed by atoms with Crippen LogP contribution in [0.15, 0.2) is 41.0 Å². The molecule has 0 bridgehead atoms. The molecule has 0 fully saturated rings. The first-order valence-corrected chi connectivity index (χ1v) is 6.42. The lowest BCUT2D eigenvalue weighted by atomic mass is 10.1. The van der Waals surface area contributed by atoms with Crippen molar-refractivity contribution in [3.8, 4) is 0 Å². The van der Waals surface area contributed by atoms with E-state index in [2.05, 4.69) is 10.2 Å². The highest BCUT2D eigenvalue weighted by atomic mass is 19.4. The van der Waals surface area contributed by atoms with Gasteiger partial charge in [-0.3, -0.25) is 0 Å². The number of aliphatic hydroxyl groups is 1. The number of nitrogens with one attached hydrogen (secondary N) is 1. The van der Waals surface area contributed by atoms with Crippen molar-refractivity contribution in [1.29, 1.82) is 0 Å². The van der Waals surface area contributed by atoms with Crippen molar-refractivity contribution in [3.63, 3.8) is 0 Å². The smallest absolute Gasteiger partial charge is 0.407 e. The third-order valence-corrected chi connectivity index (χ3v) is 3.04. The van der Waals surface area contributed by atoms with Gasteiger partial charge in [0.15, 0.2) is 5.69 Å². The van der Waals surface area contributed by atoms with Gasteiger partial charge in [0.05, 0.1) is 31.0 Å². The van der Waals surface area contributed by atoms with Gasteiger partial charge in [0, 0.05) is 12.1 Å². The Labute approximate surface area is 125 Å². The number of nitrogens with zero attached hydrogens (tertiary/aromatic N) is 1. The summed E-state index contributed by atoms with van der Waals surface area (Å²) in [4.78, 5) is 2.88. The zero-order valence-corrected chi connectivity index (χ0v) is 11.4. The topological polar surface area (TPSA) is 49.8 Å². The molecule has 4 nitrogen and oxygen atoms in total. The van der Waals surface area contributed by atoms with Crippen LogP contribution in [0.3, 0.4) is 0 Å². The van der Waals surface area contributed by atoms with Gasteiger partial charge >= 0.3 is 6.18 Å². The number of aliphatic hydroxyl groups excluding tert-OH is 1. The SMILES string of the molecule is [C-]#[N+]c1ccc(N[C@@H](CO)Cc2ccco2)cc1C(F)(F)F. The minimum atomic E-state index is -4.60. The number of hydrogen-bond donors (Lipinski definition) is 2. The van der Waals surface area contributed by atoms with Crippen molar-refractivity contribution in [2.45, 2.75) is 18.6 Å². The molecule has 0 unspecified atom stereocenters. The molecule has 0 amide bonds. The minimum Gasteiger partial charge on any atom is -0.469 e. The number of alkyl halides is 3. The molecule has 0 spiro atoms. The molecule has 7 heteroatoms. The van der Waals surface area contributed by atoms with Crippen LogP contribution in [0.4, 0.5) is 24.5 Å². The average Bonchev–Trinajstić information content (AvgIpc) is 2.98. The summed E-state index contributed by atoms with van der Waals surface area (Å²) in [5.41, 5.74) is -1.27. The molecule has 0 saturated carbocycles. The number of halogens is 3. The fourth-order valence-corrected chi connectivity index (χ4v) is 2.02. The summed E-state index contributed by atoms with van der Waals surface area (Å²) in [5, 5.41) is 12.2. The van der Waals surface area contributed by atoms with E-state index in [9.17, 15) is 18.3 Å². The maximum absolute atomic E-state index is 12.9. The van der Waals surface area contributed by atoms with E-state index in [4.69, 9.17) is 11.0 Å².